The maximum atomic E-state index is 13.1. The topological polar surface area (TPSA) is 102 Å². The van der Waals surface area contributed by atoms with Crippen molar-refractivity contribution in [2.24, 2.45) is 40.9 Å². The highest BCUT2D eigenvalue weighted by molar-refractivity contribution is 5.77. The molecule has 2 N–H and O–H groups in total. The molecule has 7 heteroatoms. The minimum atomic E-state index is -0.702. The Morgan fingerprint density at radius 2 is 1.67 bits per heavy atom. The molecule has 0 aromatic rings. The monoisotopic (exact) mass is 420 g/mol. The molecule has 6 bridgehead atoms. The molecular formula is C23H32O7. The van der Waals surface area contributed by atoms with Crippen molar-refractivity contribution in [1.29, 1.82) is 0 Å². The lowest BCUT2D eigenvalue weighted by atomic mass is 9.48. The Balaban J connectivity index is 1.03. The predicted octanol–water partition coefficient (Wildman–Crippen LogP) is 2.35. The Bertz CT molecular complexity index is 741. The average Bonchev–Trinajstić information content (AvgIpc) is 3.24. The van der Waals surface area contributed by atoms with E-state index in [-0.39, 0.29) is 36.2 Å². The second-order valence-corrected chi connectivity index (χ2v) is 11.4. The number of carboxylic acid groups (broad SMARTS) is 1. The molecule has 1 spiro atoms. The minimum absolute atomic E-state index is 0.00553. The molecule has 0 radical (unpaired) electrons. The highest BCUT2D eigenvalue weighted by atomic mass is 16.7. The quantitative estimate of drug-likeness (QED) is 0.673. The average molecular weight is 421 g/mol. The summed E-state index contributed by atoms with van der Waals surface area (Å²) in [6.45, 7) is 1.25. The van der Waals surface area contributed by atoms with Crippen LogP contribution in [-0.4, -0.2) is 53.4 Å². The van der Waals surface area contributed by atoms with E-state index in [0.717, 1.165) is 38.5 Å². The Morgan fingerprint density at radius 1 is 0.967 bits per heavy atom. The standard InChI is InChI=1S/C23H32O7/c24-19(25)18-3-17-2-16(18)8-23(17)29-10-15(11-30-23)9-28-20(26)21-4-13-1-14(5-21)7-22(27,6-13)12-21/h13-18,27H,1-12H2,(H,24,25). The fourth-order valence-corrected chi connectivity index (χ4v) is 8.40. The molecule has 0 aromatic carbocycles. The number of carboxylic acids is 1. The first-order valence-corrected chi connectivity index (χ1v) is 11.7. The number of carbonyl (C=O) groups is 2. The normalized spacial score (nSPS) is 53.4. The summed E-state index contributed by atoms with van der Waals surface area (Å²) in [5.74, 6) is -0.516. The molecule has 6 aliphatic carbocycles. The van der Waals surface area contributed by atoms with Gasteiger partial charge in [-0.3, -0.25) is 9.59 Å². The third kappa shape index (κ3) is 2.88. The third-order valence-corrected chi connectivity index (χ3v) is 9.22. The molecule has 6 saturated carbocycles. The van der Waals surface area contributed by atoms with Gasteiger partial charge in [-0.05, 0) is 69.1 Å². The lowest BCUT2D eigenvalue weighted by molar-refractivity contribution is -0.309. The van der Waals surface area contributed by atoms with E-state index in [1.807, 2.05) is 0 Å². The number of rotatable bonds is 4. The van der Waals surface area contributed by atoms with Crippen molar-refractivity contribution < 1.29 is 34.0 Å². The van der Waals surface area contributed by atoms with Gasteiger partial charge in [0.1, 0.15) is 0 Å². The van der Waals surface area contributed by atoms with Crippen molar-refractivity contribution in [2.45, 2.75) is 69.2 Å². The molecule has 7 rings (SSSR count). The maximum absolute atomic E-state index is 13.1. The molecule has 1 aliphatic heterocycles. The number of ether oxygens (including phenoxy) is 3. The van der Waals surface area contributed by atoms with E-state index < -0.39 is 22.8 Å². The van der Waals surface area contributed by atoms with Gasteiger partial charge in [-0.25, -0.2) is 0 Å². The maximum Gasteiger partial charge on any atom is 0.312 e. The lowest BCUT2D eigenvalue weighted by Crippen LogP contribution is -2.58. The van der Waals surface area contributed by atoms with Crippen molar-refractivity contribution >= 4 is 11.9 Å². The fourth-order valence-electron chi connectivity index (χ4n) is 8.40. The number of esters is 1. The van der Waals surface area contributed by atoms with Gasteiger partial charge < -0.3 is 24.4 Å². The van der Waals surface area contributed by atoms with E-state index in [9.17, 15) is 19.8 Å². The van der Waals surface area contributed by atoms with Gasteiger partial charge in [-0.15, -0.1) is 0 Å². The molecule has 5 atom stereocenters. The van der Waals surface area contributed by atoms with Crippen LogP contribution >= 0.6 is 0 Å². The van der Waals surface area contributed by atoms with Gasteiger partial charge in [0.05, 0.1) is 36.8 Å². The van der Waals surface area contributed by atoms with Gasteiger partial charge in [-0.1, -0.05) is 0 Å². The van der Waals surface area contributed by atoms with Crippen LogP contribution in [0.25, 0.3) is 0 Å². The van der Waals surface area contributed by atoms with Gasteiger partial charge in [-0.2, -0.15) is 0 Å². The molecule has 0 aromatic heterocycles. The summed E-state index contributed by atoms with van der Waals surface area (Å²) in [5.41, 5.74) is -1.16. The largest absolute Gasteiger partial charge is 0.481 e. The summed E-state index contributed by atoms with van der Waals surface area (Å²) in [6, 6.07) is 0. The number of hydrogen-bond donors (Lipinski definition) is 2. The second kappa shape index (κ2) is 6.42. The Hall–Kier alpha value is -1.18. The predicted molar refractivity (Wildman–Crippen MR) is 103 cm³/mol. The molecule has 166 valence electrons. The molecule has 7 nitrogen and oxygen atoms in total. The number of aliphatic hydroxyl groups is 1. The van der Waals surface area contributed by atoms with Crippen molar-refractivity contribution in [2.75, 3.05) is 19.8 Å². The first-order chi connectivity index (χ1) is 14.3. The Kier molecular flexibility index (Phi) is 4.17. The Morgan fingerprint density at radius 3 is 2.23 bits per heavy atom. The van der Waals surface area contributed by atoms with Gasteiger partial charge >= 0.3 is 11.9 Å². The molecule has 7 aliphatic rings. The van der Waals surface area contributed by atoms with Crippen LogP contribution in [0.1, 0.15) is 57.8 Å². The molecule has 5 unspecified atom stereocenters. The summed E-state index contributed by atoms with van der Waals surface area (Å²) < 4.78 is 18.1. The Labute approximate surface area is 176 Å². The molecular weight excluding hydrogens is 388 g/mol. The van der Waals surface area contributed by atoms with Gasteiger partial charge in [0.25, 0.3) is 0 Å². The zero-order valence-electron chi connectivity index (χ0n) is 17.4. The van der Waals surface area contributed by atoms with Crippen molar-refractivity contribution in [3.8, 4) is 0 Å². The van der Waals surface area contributed by atoms with Crippen LogP contribution in [0.4, 0.5) is 0 Å². The van der Waals surface area contributed by atoms with Crippen LogP contribution in [0.2, 0.25) is 0 Å². The SMILES string of the molecule is O=C(O)C1CC2CC1CC21OCC(COC(=O)C23CC4CC(CC(O)(C4)C2)C3)CO1. The summed E-state index contributed by atoms with van der Waals surface area (Å²) in [4.78, 5) is 24.4. The minimum Gasteiger partial charge on any atom is -0.481 e. The number of carbonyl (C=O) groups excluding carboxylic acids is 1. The first kappa shape index (κ1) is 19.5. The summed E-state index contributed by atoms with van der Waals surface area (Å²) in [5, 5.41) is 20.2. The molecule has 30 heavy (non-hydrogen) atoms. The van der Waals surface area contributed by atoms with Crippen molar-refractivity contribution in [3.63, 3.8) is 0 Å². The number of hydrogen-bond acceptors (Lipinski definition) is 6. The van der Waals surface area contributed by atoms with E-state index >= 15 is 0 Å². The third-order valence-electron chi connectivity index (χ3n) is 9.22. The van der Waals surface area contributed by atoms with Crippen LogP contribution in [0.5, 0.6) is 0 Å². The highest BCUT2D eigenvalue weighted by Gasteiger charge is 2.62. The van der Waals surface area contributed by atoms with E-state index in [0.29, 0.717) is 44.3 Å². The number of fused-ring (bicyclic) bond motifs is 3. The van der Waals surface area contributed by atoms with E-state index in [1.54, 1.807) is 0 Å². The smallest absolute Gasteiger partial charge is 0.312 e. The van der Waals surface area contributed by atoms with Crippen LogP contribution in [0.3, 0.4) is 0 Å². The van der Waals surface area contributed by atoms with Crippen LogP contribution < -0.4 is 0 Å². The van der Waals surface area contributed by atoms with Crippen molar-refractivity contribution in [3.05, 3.63) is 0 Å². The highest BCUT2D eigenvalue weighted by Crippen LogP contribution is 2.62. The molecule has 1 heterocycles. The van der Waals surface area contributed by atoms with Gasteiger partial charge in [0.2, 0.25) is 0 Å². The fraction of sp³-hybridized carbons (Fsp3) is 0.913. The summed E-state index contributed by atoms with van der Waals surface area (Å²) >= 11 is 0. The van der Waals surface area contributed by atoms with Crippen molar-refractivity contribution in [1.82, 2.24) is 0 Å². The zero-order valence-corrected chi connectivity index (χ0v) is 17.4. The van der Waals surface area contributed by atoms with Gasteiger partial charge in [0.15, 0.2) is 5.79 Å². The van der Waals surface area contributed by atoms with E-state index in [2.05, 4.69) is 0 Å². The van der Waals surface area contributed by atoms with Crippen LogP contribution in [0.15, 0.2) is 0 Å². The van der Waals surface area contributed by atoms with E-state index in [4.69, 9.17) is 14.2 Å². The zero-order chi connectivity index (χ0) is 20.7. The summed E-state index contributed by atoms with van der Waals surface area (Å²) in [7, 11) is 0. The number of aliphatic carboxylic acids is 1. The summed E-state index contributed by atoms with van der Waals surface area (Å²) in [6.07, 6.45) is 7.27. The molecule has 7 fully saturated rings. The van der Waals surface area contributed by atoms with Gasteiger partial charge in [0, 0.05) is 18.3 Å². The van der Waals surface area contributed by atoms with E-state index in [1.165, 1.54) is 0 Å². The molecule has 1 saturated heterocycles. The molecule has 0 amide bonds. The van der Waals surface area contributed by atoms with Crippen LogP contribution in [0, 0.1) is 40.9 Å². The van der Waals surface area contributed by atoms with Crippen LogP contribution in [-0.2, 0) is 23.8 Å². The lowest BCUT2D eigenvalue weighted by Gasteiger charge is -2.58. The first-order valence-electron chi connectivity index (χ1n) is 11.7. The second-order valence-electron chi connectivity index (χ2n) is 11.4.